The Morgan fingerprint density at radius 1 is 1.35 bits per heavy atom. The number of fused-ring (bicyclic) bond motifs is 1. The van der Waals surface area contributed by atoms with Gasteiger partial charge in [-0.25, -0.2) is 4.98 Å². The van der Waals surface area contributed by atoms with E-state index in [1.807, 2.05) is 18.2 Å². The minimum atomic E-state index is 0.225. The first-order valence-electron chi connectivity index (χ1n) is 6.17. The van der Waals surface area contributed by atoms with E-state index < -0.39 is 0 Å². The van der Waals surface area contributed by atoms with Crippen LogP contribution in [0.25, 0.3) is 11.1 Å². The Labute approximate surface area is 102 Å². The Morgan fingerprint density at radius 3 is 2.76 bits per heavy atom. The van der Waals surface area contributed by atoms with Crippen LogP contribution in [0.15, 0.2) is 22.6 Å². The molecule has 92 valence electrons. The maximum atomic E-state index is 5.80. The Kier molecular flexibility index (Phi) is 3.48. The third-order valence-corrected chi connectivity index (χ3v) is 2.95. The summed E-state index contributed by atoms with van der Waals surface area (Å²) in [5.74, 6) is 1.60. The zero-order valence-electron chi connectivity index (χ0n) is 10.7. The lowest BCUT2D eigenvalue weighted by Crippen LogP contribution is -2.14. The summed E-state index contributed by atoms with van der Waals surface area (Å²) in [5.41, 5.74) is 8.79. The van der Waals surface area contributed by atoms with Crippen LogP contribution in [0.3, 0.4) is 0 Å². The second-order valence-corrected chi connectivity index (χ2v) is 5.09. The Balaban J connectivity index is 2.34. The third kappa shape index (κ3) is 2.67. The maximum absolute atomic E-state index is 5.80. The molecule has 0 aliphatic rings. The predicted octanol–water partition coefficient (Wildman–Crippen LogP) is 3.22. The number of hydrogen-bond acceptors (Lipinski definition) is 3. The molecule has 0 radical (unpaired) electrons. The summed E-state index contributed by atoms with van der Waals surface area (Å²) >= 11 is 0. The van der Waals surface area contributed by atoms with Crippen molar-refractivity contribution in [3.05, 3.63) is 29.7 Å². The van der Waals surface area contributed by atoms with Gasteiger partial charge in [0.25, 0.3) is 0 Å². The van der Waals surface area contributed by atoms with Crippen LogP contribution in [0, 0.1) is 12.8 Å². The van der Waals surface area contributed by atoms with Gasteiger partial charge in [-0.1, -0.05) is 19.9 Å². The van der Waals surface area contributed by atoms with E-state index in [-0.39, 0.29) is 5.92 Å². The molecule has 2 rings (SSSR count). The van der Waals surface area contributed by atoms with Crippen molar-refractivity contribution in [1.29, 1.82) is 0 Å². The van der Waals surface area contributed by atoms with E-state index in [4.69, 9.17) is 10.2 Å². The number of aromatic nitrogens is 1. The first-order valence-corrected chi connectivity index (χ1v) is 6.17. The number of rotatable bonds is 4. The molecule has 3 heteroatoms. The molecule has 0 fully saturated rings. The minimum Gasteiger partial charge on any atom is -0.440 e. The summed E-state index contributed by atoms with van der Waals surface area (Å²) in [6.45, 7) is 7.03. The highest BCUT2D eigenvalue weighted by molar-refractivity contribution is 5.73. The molecule has 2 N–H and O–H groups in total. The van der Waals surface area contributed by atoms with Crippen LogP contribution in [0.2, 0.25) is 0 Å². The number of nitrogens with zero attached hydrogens (tertiary/aromatic N) is 1. The molecule has 0 amide bonds. The van der Waals surface area contributed by atoms with Crippen LogP contribution in [0.4, 0.5) is 0 Å². The normalized spacial score (nSPS) is 13.5. The number of hydrogen-bond donors (Lipinski definition) is 1. The molecule has 1 aromatic heterocycles. The summed E-state index contributed by atoms with van der Waals surface area (Å²) in [7, 11) is 0. The van der Waals surface area contributed by atoms with Gasteiger partial charge in [0.05, 0.1) is 0 Å². The standard InChI is InChI=1S/C14H20N2O/c1-9(2)6-11(8-15)14-16-12-7-10(3)4-5-13(12)17-14/h4-5,7,9,11H,6,8,15H2,1-3H3. The largest absolute Gasteiger partial charge is 0.440 e. The van der Waals surface area contributed by atoms with Gasteiger partial charge in [-0.3, -0.25) is 0 Å². The van der Waals surface area contributed by atoms with Gasteiger partial charge >= 0.3 is 0 Å². The van der Waals surface area contributed by atoms with E-state index in [9.17, 15) is 0 Å². The molecule has 1 heterocycles. The second-order valence-electron chi connectivity index (χ2n) is 5.09. The highest BCUT2D eigenvalue weighted by Crippen LogP contribution is 2.26. The maximum Gasteiger partial charge on any atom is 0.199 e. The molecule has 1 unspecified atom stereocenters. The Hall–Kier alpha value is -1.35. The average molecular weight is 232 g/mol. The Bertz CT molecular complexity index is 502. The third-order valence-electron chi connectivity index (χ3n) is 2.95. The number of oxazole rings is 1. The van der Waals surface area contributed by atoms with Gasteiger partial charge in [0.2, 0.25) is 0 Å². The summed E-state index contributed by atoms with van der Waals surface area (Å²) in [4.78, 5) is 4.55. The van der Waals surface area contributed by atoms with Crippen molar-refractivity contribution in [2.24, 2.45) is 11.7 Å². The molecule has 1 atom stereocenters. The zero-order valence-corrected chi connectivity index (χ0v) is 10.7. The molecule has 0 saturated carbocycles. The average Bonchev–Trinajstić information content (AvgIpc) is 2.68. The summed E-state index contributed by atoms with van der Waals surface area (Å²) in [5, 5.41) is 0. The number of nitrogens with two attached hydrogens (primary N) is 1. The molecular weight excluding hydrogens is 212 g/mol. The molecule has 0 aliphatic heterocycles. The summed E-state index contributed by atoms with van der Waals surface area (Å²) in [6.07, 6.45) is 1.02. The van der Waals surface area contributed by atoms with Crippen molar-refractivity contribution >= 4 is 11.1 Å². The van der Waals surface area contributed by atoms with E-state index >= 15 is 0 Å². The molecule has 0 bridgehead atoms. The molecule has 3 nitrogen and oxygen atoms in total. The fraction of sp³-hybridized carbons (Fsp3) is 0.500. The van der Waals surface area contributed by atoms with Crippen molar-refractivity contribution in [2.45, 2.75) is 33.1 Å². The van der Waals surface area contributed by atoms with Crippen molar-refractivity contribution in [3.63, 3.8) is 0 Å². The van der Waals surface area contributed by atoms with Crippen molar-refractivity contribution in [3.8, 4) is 0 Å². The fourth-order valence-electron chi connectivity index (χ4n) is 2.10. The zero-order chi connectivity index (χ0) is 12.4. The van der Waals surface area contributed by atoms with Crippen LogP contribution in [0.5, 0.6) is 0 Å². The molecule has 1 aromatic carbocycles. The molecule has 17 heavy (non-hydrogen) atoms. The molecule has 0 saturated heterocycles. The molecule has 0 spiro atoms. The molecule has 0 aliphatic carbocycles. The number of aryl methyl sites for hydroxylation is 1. The SMILES string of the molecule is Cc1ccc2oc(C(CN)CC(C)C)nc2c1. The molecular formula is C14H20N2O. The van der Waals surface area contributed by atoms with Crippen molar-refractivity contribution < 1.29 is 4.42 Å². The Morgan fingerprint density at radius 2 is 2.12 bits per heavy atom. The second kappa shape index (κ2) is 4.88. The smallest absolute Gasteiger partial charge is 0.199 e. The van der Waals surface area contributed by atoms with Gasteiger partial charge < -0.3 is 10.2 Å². The van der Waals surface area contributed by atoms with Gasteiger partial charge in [0.15, 0.2) is 11.5 Å². The van der Waals surface area contributed by atoms with E-state index in [2.05, 4.69) is 25.8 Å². The van der Waals surface area contributed by atoms with E-state index in [1.54, 1.807) is 0 Å². The molecule has 2 aromatic rings. The first-order chi connectivity index (χ1) is 8.10. The van der Waals surface area contributed by atoms with Gasteiger partial charge in [-0.2, -0.15) is 0 Å². The van der Waals surface area contributed by atoms with Crippen LogP contribution in [-0.4, -0.2) is 11.5 Å². The highest BCUT2D eigenvalue weighted by Gasteiger charge is 2.18. The monoisotopic (exact) mass is 232 g/mol. The predicted molar refractivity (Wildman–Crippen MR) is 70.0 cm³/mol. The number of benzene rings is 1. The highest BCUT2D eigenvalue weighted by atomic mass is 16.3. The van der Waals surface area contributed by atoms with Gasteiger partial charge in [0.1, 0.15) is 5.52 Å². The van der Waals surface area contributed by atoms with Crippen LogP contribution < -0.4 is 5.73 Å². The van der Waals surface area contributed by atoms with E-state index in [0.717, 1.165) is 23.4 Å². The van der Waals surface area contributed by atoms with Crippen LogP contribution >= 0.6 is 0 Å². The topological polar surface area (TPSA) is 52.0 Å². The first kappa shape index (κ1) is 12.1. The summed E-state index contributed by atoms with van der Waals surface area (Å²) in [6, 6.07) is 6.06. The van der Waals surface area contributed by atoms with Gasteiger partial charge in [-0.05, 0) is 37.0 Å². The van der Waals surface area contributed by atoms with Gasteiger partial charge in [0, 0.05) is 12.5 Å². The van der Waals surface area contributed by atoms with Crippen molar-refractivity contribution in [2.75, 3.05) is 6.54 Å². The van der Waals surface area contributed by atoms with Gasteiger partial charge in [-0.15, -0.1) is 0 Å². The summed E-state index contributed by atoms with van der Waals surface area (Å²) < 4.78 is 5.79. The fourth-order valence-corrected chi connectivity index (χ4v) is 2.10. The minimum absolute atomic E-state index is 0.225. The lowest BCUT2D eigenvalue weighted by atomic mass is 9.97. The van der Waals surface area contributed by atoms with E-state index in [1.165, 1.54) is 5.56 Å². The van der Waals surface area contributed by atoms with Crippen LogP contribution in [-0.2, 0) is 0 Å². The lowest BCUT2D eigenvalue weighted by molar-refractivity contribution is 0.414. The van der Waals surface area contributed by atoms with E-state index in [0.29, 0.717) is 12.5 Å². The quantitative estimate of drug-likeness (QED) is 0.880. The van der Waals surface area contributed by atoms with Crippen LogP contribution in [0.1, 0.15) is 37.6 Å². The van der Waals surface area contributed by atoms with Crippen molar-refractivity contribution in [1.82, 2.24) is 4.98 Å². The lowest BCUT2D eigenvalue weighted by Gasteiger charge is -2.12.